The van der Waals surface area contributed by atoms with Gasteiger partial charge < -0.3 is 0 Å². The number of fused-ring (bicyclic) bond motifs is 1. The number of benzene rings is 2. The average Bonchev–Trinajstić information content (AvgIpc) is 2.81. The van der Waals surface area contributed by atoms with E-state index < -0.39 is 4.92 Å². The van der Waals surface area contributed by atoms with Gasteiger partial charge in [0, 0.05) is 22.7 Å². The molecule has 2 aromatic carbocycles. The van der Waals surface area contributed by atoms with Crippen LogP contribution < -0.4 is 0 Å². The summed E-state index contributed by atoms with van der Waals surface area (Å²) in [6, 6.07) is 11.8. The number of halogens is 1. The van der Waals surface area contributed by atoms with Crippen LogP contribution in [0.1, 0.15) is 11.4 Å². The van der Waals surface area contributed by atoms with E-state index in [1.807, 2.05) is 31.2 Å². The van der Waals surface area contributed by atoms with E-state index in [2.05, 4.69) is 10.1 Å². The van der Waals surface area contributed by atoms with Crippen molar-refractivity contribution in [2.75, 3.05) is 0 Å². The van der Waals surface area contributed by atoms with Crippen molar-refractivity contribution in [1.82, 2.24) is 9.66 Å². The summed E-state index contributed by atoms with van der Waals surface area (Å²) in [6.07, 6.45) is 1.50. The first-order valence-corrected chi connectivity index (χ1v) is 6.86. The van der Waals surface area contributed by atoms with E-state index >= 15 is 0 Å². The minimum Gasteiger partial charge on any atom is -0.258 e. The van der Waals surface area contributed by atoms with Crippen LogP contribution in [0.3, 0.4) is 0 Å². The molecule has 0 spiro atoms. The highest BCUT2D eigenvalue weighted by Gasteiger charge is 2.09. The molecular weight excluding hydrogens is 304 g/mol. The van der Waals surface area contributed by atoms with E-state index in [0.717, 1.165) is 16.9 Å². The Morgan fingerprint density at radius 1 is 1.32 bits per heavy atom. The minimum atomic E-state index is -0.467. The quantitative estimate of drug-likeness (QED) is 0.419. The maximum absolute atomic E-state index is 10.8. The minimum absolute atomic E-state index is 0.0296. The molecule has 0 radical (unpaired) electrons. The molecule has 0 saturated heterocycles. The van der Waals surface area contributed by atoms with Crippen LogP contribution in [0.4, 0.5) is 5.69 Å². The fraction of sp³-hybridized carbons (Fsp3) is 0.0667. The molecule has 3 rings (SSSR count). The Kier molecular flexibility index (Phi) is 3.60. The zero-order chi connectivity index (χ0) is 15.7. The van der Waals surface area contributed by atoms with E-state index in [9.17, 15) is 10.1 Å². The summed E-state index contributed by atoms with van der Waals surface area (Å²) in [5, 5.41) is 15.6. The molecular formula is C15H11ClN4O2. The number of aromatic nitrogens is 2. The molecule has 3 aromatic rings. The van der Waals surface area contributed by atoms with Crippen molar-refractivity contribution in [2.24, 2.45) is 5.10 Å². The lowest BCUT2D eigenvalue weighted by molar-refractivity contribution is -0.384. The average molecular weight is 315 g/mol. The molecule has 0 unspecified atom stereocenters. The molecule has 0 aliphatic rings. The van der Waals surface area contributed by atoms with Crippen molar-refractivity contribution in [1.29, 1.82) is 0 Å². The van der Waals surface area contributed by atoms with Crippen LogP contribution in [0, 0.1) is 17.0 Å². The van der Waals surface area contributed by atoms with Gasteiger partial charge in [-0.1, -0.05) is 23.7 Å². The van der Waals surface area contributed by atoms with Gasteiger partial charge in [-0.05, 0) is 25.1 Å². The second-order valence-corrected chi connectivity index (χ2v) is 5.07. The second-order valence-electron chi connectivity index (χ2n) is 4.67. The molecule has 1 heterocycles. The second kappa shape index (κ2) is 5.57. The third-order valence-electron chi connectivity index (χ3n) is 3.20. The van der Waals surface area contributed by atoms with Gasteiger partial charge in [0.1, 0.15) is 5.82 Å². The first-order valence-electron chi connectivity index (χ1n) is 6.48. The zero-order valence-electron chi connectivity index (χ0n) is 11.6. The van der Waals surface area contributed by atoms with Gasteiger partial charge >= 0.3 is 0 Å². The summed E-state index contributed by atoms with van der Waals surface area (Å²) in [5.41, 5.74) is 2.14. The lowest BCUT2D eigenvalue weighted by Crippen LogP contribution is -1.95. The van der Waals surface area contributed by atoms with Crippen molar-refractivity contribution in [2.45, 2.75) is 6.92 Å². The van der Waals surface area contributed by atoms with E-state index in [4.69, 9.17) is 11.6 Å². The molecule has 0 amide bonds. The molecule has 0 bridgehead atoms. The third kappa shape index (κ3) is 2.56. The number of nitro groups is 1. The van der Waals surface area contributed by atoms with Crippen LogP contribution in [0.15, 0.2) is 47.6 Å². The van der Waals surface area contributed by atoms with E-state index in [1.54, 1.807) is 4.68 Å². The smallest absolute Gasteiger partial charge is 0.258 e. The van der Waals surface area contributed by atoms with E-state index in [1.165, 1.54) is 24.4 Å². The summed E-state index contributed by atoms with van der Waals surface area (Å²) in [4.78, 5) is 14.8. The Morgan fingerprint density at radius 3 is 2.86 bits per heavy atom. The largest absolute Gasteiger partial charge is 0.270 e. The Morgan fingerprint density at radius 2 is 2.09 bits per heavy atom. The van der Waals surface area contributed by atoms with Crippen LogP contribution in [0.5, 0.6) is 0 Å². The summed E-state index contributed by atoms with van der Waals surface area (Å²) >= 11 is 6.06. The number of hydrogen-bond acceptors (Lipinski definition) is 4. The molecule has 0 aliphatic heterocycles. The fourth-order valence-corrected chi connectivity index (χ4v) is 2.31. The standard InChI is InChI=1S/C15H11ClN4O2/c1-10-18-14-4-2-3-5-15(14)19(10)17-9-11-8-12(20(21)22)6-7-13(11)16/h2-9H,1H3. The molecule has 0 atom stereocenters. The Balaban J connectivity index is 2.05. The van der Waals surface area contributed by atoms with Gasteiger partial charge in [-0.3, -0.25) is 10.1 Å². The highest BCUT2D eigenvalue weighted by Crippen LogP contribution is 2.21. The predicted molar refractivity (Wildman–Crippen MR) is 85.6 cm³/mol. The molecule has 0 fully saturated rings. The van der Waals surface area contributed by atoms with Gasteiger partial charge in [-0.15, -0.1) is 0 Å². The number of nitrogens with zero attached hydrogens (tertiary/aromatic N) is 4. The molecule has 0 N–H and O–H groups in total. The molecule has 0 aliphatic carbocycles. The number of para-hydroxylation sites is 2. The van der Waals surface area contributed by atoms with Gasteiger partial charge in [0.05, 0.1) is 22.2 Å². The molecule has 22 heavy (non-hydrogen) atoms. The number of rotatable bonds is 3. The third-order valence-corrected chi connectivity index (χ3v) is 3.55. The Bertz CT molecular complexity index is 902. The number of nitro benzene ring substituents is 1. The fourth-order valence-electron chi connectivity index (χ4n) is 2.14. The van der Waals surface area contributed by atoms with Crippen LogP contribution >= 0.6 is 11.6 Å². The van der Waals surface area contributed by atoms with Crippen LogP contribution in [0.25, 0.3) is 11.0 Å². The molecule has 0 saturated carbocycles. The summed E-state index contributed by atoms with van der Waals surface area (Å²) in [6.45, 7) is 1.84. The molecule has 6 nitrogen and oxygen atoms in total. The first kappa shape index (κ1) is 14.2. The highest BCUT2D eigenvalue weighted by atomic mass is 35.5. The maximum atomic E-state index is 10.8. The van der Waals surface area contributed by atoms with Crippen LogP contribution in [-0.2, 0) is 0 Å². The van der Waals surface area contributed by atoms with Gasteiger partial charge in [0.2, 0.25) is 0 Å². The predicted octanol–water partition coefficient (Wildman–Crippen LogP) is 3.79. The lowest BCUT2D eigenvalue weighted by atomic mass is 10.2. The normalized spacial score (nSPS) is 11.4. The van der Waals surface area contributed by atoms with Crippen molar-refractivity contribution in [3.63, 3.8) is 0 Å². The lowest BCUT2D eigenvalue weighted by Gasteiger charge is -2.00. The van der Waals surface area contributed by atoms with Crippen LogP contribution in [0.2, 0.25) is 5.02 Å². The Labute approximate surface area is 130 Å². The molecule has 7 heteroatoms. The van der Waals surface area contributed by atoms with E-state index in [-0.39, 0.29) is 5.69 Å². The number of imidazole rings is 1. The highest BCUT2D eigenvalue weighted by molar-refractivity contribution is 6.33. The van der Waals surface area contributed by atoms with Crippen molar-refractivity contribution >= 4 is 34.5 Å². The Hall–Kier alpha value is -2.73. The molecule has 110 valence electrons. The monoisotopic (exact) mass is 314 g/mol. The maximum Gasteiger partial charge on any atom is 0.270 e. The summed E-state index contributed by atoms with van der Waals surface area (Å²) < 4.78 is 1.67. The molecule has 1 aromatic heterocycles. The van der Waals surface area contributed by atoms with E-state index in [0.29, 0.717) is 10.6 Å². The SMILES string of the molecule is Cc1nc2ccccc2n1N=Cc1cc([N+](=O)[O-])ccc1Cl. The van der Waals surface area contributed by atoms with Crippen LogP contribution in [-0.4, -0.2) is 20.8 Å². The topological polar surface area (TPSA) is 73.3 Å². The zero-order valence-corrected chi connectivity index (χ0v) is 12.4. The summed E-state index contributed by atoms with van der Waals surface area (Å²) in [5.74, 6) is 0.721. The number of aryl methyl sites for hydroxylation is 1. The number of non-ortho nitro benzene ring substituents is 1. The summed E-state index contributed by atoms with van der Waals surface area (Å²) in [7, 11) is 0. The first-order chi connectivity index (χ1) is 10.6. The van der Waals surface area contributed by atoms with Gasteiger partial charge in [-0.25, -0.2) is 9.66 Å². The number of hydrogen-bond donors (Lipinski definition) is 0. The van der Waals surface area contributed by atoms with Gasteiger partial charge in [-0.2, -0.15) is 5.10 Å². The van der Waals surface area contributed by atoms with Gasteiger partial charge in [0.25, 0.3) is 5.69 Å². The van der Waals surface area contributed by atoms with Crippen molar-refractivity contribution in [3.05, 3.63) is 69.0 Å². The van der Waals surface area contributed by atoms with Crippen molar-refractivity contribution < 1.29 is 4.92 Å². The van der Waals surface area contributed by atoms with Crippen molar-refractivity contribution in [3.8, 4) is 0 Å². The van der Waals surface area contributed by atoms with Gasteiger partial charge in [0.15, 0.2) is 0 Å².